The second-order valence-electron chi connectivity index (χ2n) is 6.02. The molecule has 0 aliphatic heterocycles. The SMILES string of the molecule is CN(C)Cc1cccc(NC2CCc3cc(Cl)ccc32)c1. The zero-order chi connectivity index (χ0) is 14.8. The summed E-state index contributed by atoms with van der Waals surface area (Å²) in [6, 6.07) is 15.3. The van der Waals surface area contributed by atoms with Crippen LogP contribution in [0.2, 0.25) is 5.02 Å². The van der Waals surface area contributed by atoms with Crippen LogP contribution < -0.4 is 5.32 Å². The molecular weight excluding hydrogens is 280 g/mol. The molecule has 0 radical (unpaired) electrons. The van der Waals surface area contributed by atoms with Crippen LogP contribution in [0.25, 0.3) is 0 Å². The van der Waals surface area contributed by atoms with Crippen LogP contribution in [0.5, 0.6) is 0 Å². The molecule has 0 saturated carbocycles. The zero-order valence-corrected chi connectivity index (χ0v) is 13.3. The van der Waals surface area contributed by atoms with Gasteiger partial charge in [0.2, 0.25) is 0 Å². The zero-order valence-electron chi connectivity index (χ0n) is 12.6. The first-order chi connectivity index (χ1) is 10.1. The third kappa shape index (κ3) is 3.39. The second kappa shape index (κ2) is 6.08. The summed E-state index contributed by atoms with van der Waals surface area (Å²) in [7, 11) is 4.19. The molecule has 3 rings (SSSR count). The Hall–Kier alpha value is -1.51. The molecule has 1 aliphatic carbocycles. The molecule has 1 N–H and O–H groups in total. The van der Waals surface area contributed by atoms with Gasteiger partial charge in [0.15, 0.2) is 0 Å². The molecule has 1 unspecified atom stereocenters. The summed E-state index contributed by atoms with van der Waals surface area (Å²) in [5.74, 6) is 0. The van der Waals surface area contributed by atoms with Gasteiger partial charge in [-0.2, -0.15) is 0 Å². The van der Waals surface area contributed by atoms with Crippen LogP contribution in [0, 0.1) is 0 Å². The molecule has 0 aromatic heterocycles. The third-order valence-electron chi connectivity index (χ3n) is 3.95. The first-order valence-corrected chi connectivity index (χ1v) is 7.78. The van der Waals surface area contributed by atoms with Crippen LogP contribution in [0.1, 0.15) is 29.2 Å². The molecule has 1 aliphatic rings. The van der Waals surface area contributed by atoms with Crippen molar-refractivity contribution in [2.75, 3.05) is 19.4 Å². The Labute approximate surface area is 131 Å². The average Bonchev–Trinajstić information content (AvgIpc) is 2.80. The molecule has 0 amide bonds. The highest BCUT2D eigenvalue weighted by atomic mass is 35.5. The van der Waals surface area contributed by atoms with Crippen LogP contribution in [0.4, 0.5) is 5.69 Å². The summed E-state index contributed by atoms with van der Waals surface area (Å²) in [4.78, 5) is 2.19. The standard InChI is InChI=1S/C18H21ClN2/c1-21(2)12-13-4-3-5-16(10-13)20-18-9-6-14-11-15(19)7-8-17(14)18/h3-5,7-8,10-11,18,20H,6,9,12H2,1-2H3. The van der Waals surface area contributed by atoms with Gasteiger partial charge in [-0.25, -0.2) is 0 Å². The monoisotopic (exact) mass is 300 g/mol. The van der Waals surface area contributed by atoms with Gasteiger partial charge >= 0.3 is 0 Å². The summed E-state index contributed by atoms with van der Waals surface area (Å²) in [6.45, 7) is 0.965. The summed E-state index contributed by atoms with van der Waals surface area (Å²) in [5, 5.41) is 4.50. The van der Waals surface area contributed by atoms with Crippen LogP contribution in [-0.2, 0) is 13.0 Å². The van der Waals surface area contributed by atoms with Gasteiger partial charge in [-0.3, -0.25) is 0 Å². The molecule has 0 heterocycles. The second-order valence-corrected chi connectivity index (χ2v) is 6.45. The lowest BCUT2D eigenvalue weighted by Crippen LogP contribution is -2.11. The summed E-state index contributed by atoms with van der Waals surface area (Å²) in [6.07, 6.45) is 2.23. The minimum atomic E-state index is 0.395. The summed E-state index contributed by atoms with van der Waals surface area (Å²) < 4.78 is 0. The predicted molar refractivity (Wildman–Crippen MR) is 90.0 cm³/mol. The number of aryl methyl sites for hydroxylation is 1. The fourth-order valence-electron chi connectivity index (χ4n) is 3.06. The van der Waals surface area contributed by atoms with Crippen molar-refractivity contribution in [3.63, 3.8) is 0 Å². The Kier molecular flexibility index (Phi) is 4.18. The van der Waals surface area contributed by atoms with Gasteiger partial charge in [-0.05, 0) is 67.9 Å². The fourth-order valence-corrected chi connectivity index (χ4v) is 3.26. The van der Waals surface area contributed by atoms with Crippen molar-refractivity contribution >= 4 is 17.3 Å². The lowest BCUT2D eigenvalue weighted by molar-refractivity contribution is 0.402. The lowest BCUT2D eigenvalue weighted by Gasteiger charge is -2.17. The van der Waals surface area contributed by atoms with E-state index in [0.29, 0.717) is 6.04 Å². The minimum Gasteiger partial charge on any atom is -0.378 e. The fraction of sp³-hybridized carbons (Fsp3) is 0.333. The van der Waals surface area contributed by atoms with Crippen molar-refractivity contribution < 1.29 is 0 Å². The van der Waals surface area contributed by atoms with Crippen molar-refractivity contribution in [3.05, 3.63) is 64.2 Å². The van der Waals surface area contributed by atoms with E-state index in [1.54, 1.807) is 0 Å². The van der Waals surface area contributed by atoms with E-state index in [9.17, 15) is 0 Å². The van der Waals surface area contributed by atoms with Crippen LogP contribution >= 0.6 is 11.6 Å². The van der Waals surface area contributed by atoms with Crippen molar-refractivity contribution in [3.8, 4) is 0 Å². The first-order valence-electron chi connectivity index (χ1n) is 7.40. The number of hydrogen-bond acceptors (Lipinski definition) is 2. The Morgan fingerprint density at radius 3 is 2.86 bits per heavy atom. The third-order valence-corrected chi connectivity index (χ3v) is 4.18. The molecule has 2 nitrogen and oxygen atoms in total. The van der Waals surface area contributed by atoms with E-state index in [-0.39, 0.29) is 0 Å². The van der Waals surface area contributed by atoms with E-state index >= 15 is 0 Å². The first kappa shape index (κ1) is 14.4. The van der Waals surface area contributed by atoms with Crippen molar-refractivity contribution in [1.29, 1.82) is 0 Å². The molecule has 0 fully saturated rings. The summed E-state index contributed by atoms with van der Waals surface area (Å²) >= 11 is 6.08. The maximum atomic E-state index is 6.08. The Bertz CT molecular complexity index is 637. The Morgan fingerprint density at radius 1 is 1.19 bits per heavy atom. The van der Waals surface area contributed by atoms with Crippen LogP contribution in [-0.4, -0.2) is 19.0 Å². The van der Waals surface area contributed by atoms with E-state index < -0.39 is 0 Å². The maximum Gasteiger partial charge on any atom is 0.0519 e. The molecule has 110 valence electrons. The van der Waals surface area contributed by atoms with Crippen molar-refractivity contribution in [2.45, 2.75) is 25.4 Å². The van der Waals surface area contributed by atoms with Crippen molar-refractivity contribution in [2.24, 2.45) is 0 Å². The number of rotatable bonds is 4. The average molecular weight is 301 g/mol. The van der Waals surface area contributed by atoms with Gasteiger partial charge in [-0.15, -0.1) is 0 Å². The van der Waals surface area contributed by atoms with Gasteiger partial charge in [-0.1, -0.05) is 29.8 Å². The topological polar surface area (TPSA) is 15.3 Å². The van der Waals surface area contributed by atoms with Gasteiger partial charge in [0.1, 0.15) is 0 Å². The number of hydrogen-bond donors (Lipinski definition) is 1. The molecule has 0 bridgehead atoms. The van der Waals surface area contributed by atoms with E-state index in [1.165, 1.54) is 22.4 Å². The molecular formula is C18H21ClN2. The van der Waals surface area contributed by atoms with E-state index in [1.807, 2.05) is 6.07 Å². The van der Waals surface area contributed by atoms with Gasteiger partial charge in [0.05, 0.1) is 6.04 Å². The molecule has 2 aromatic rings. The molecule has 3 heteroatoms. The molecule has 2 aromatic carbocycles. The number of nitrogens with zero attached hydrogens (tertiary/aromatic N) is 1. The summed E-state index contributed by atoms with van der Waals surface area (Å²) in [5.41, 5.74) is 5.29. The highest BCUT2D eigenvalue weighted by Gasteiger charge is 2.22. The molecule has 0 saturated heterocycles. The van der Waals surface area contributed by atoms with E-state index in [2.05, 4.69) is 60.7 Å². The number of fused-ring (bicyclic) bond motifs is 1. The highest BCUT2D eigenvalue weighted by Crippen LogP contribution is 2.35. The number of nitrogens with one attached hydrogen (secondary N) is 1. The molecule has 21 heavy (non-hydrogen) atoms. The molecule has 1 atom stereocenters. The maximum absolute atomic E-state index is 6.08. The van der Waals surface area contributed by atoms with E-state index in [0.717, 1.165) is 24.4 Å². The largest absolute Gasteiger partial charge is 0.378 e. The number of anilines is 1. The van der Waals surface area contributed by atoms with Gasteiger partial charge in [0, 0.05) is 17.3 Å². The quantitative estimate of drug-likeness (QED) is 0.894. The van der Waals surface area contributed by atoms with Gasteiger partial charge in [0.25, 0.3) is 0 Å². The molecule has 0 spiro atoms. The number of halogens is 1. The minimum absolute atomic E-state index is 0.395. The highest BCUT2D eigenvalue weighted by molar-refractivity contribution is 6.30. The van der Waals surface area contributed by atoms with Crippen LogP contribution in [0.3, 0.4) is 0 Å². The number of benzene rings is 2. The van der Waals surface area contributed by atoms with E-state index in [4.69, 9.17) is 11.6 Å². The predicted octanol–water partition coefficient (Wildman–Crippen LogP) is 4.50. The normalized spacial score (nSPS) is 17.0. The Morgan fingerprint density at radius 2 is 2.05 bits per heavy atom. The lowest BCUT2D eigenvalue weighted by atomic mass is 10.1. The van der Waals surface area contributed by atoms with Gasteiger partial charge < -0.3 is 10.2 Å². The van der Waals surface area contributed by atoms with Crippen molar-refractivity contribution in [1.82, 2.24) is 4.90 Å². The van der Waals surface area contributed by atoms with Crippen LogP contribution in [0.15, 0.2) is 42.5 Å². The Balaban J connectivity index is 1.77. The smallest absolute Gasteiger partial charge is 0.0519 e.